The Bertz CT molecular complexity index is 827. The summed E-state index contributed by atoms with van der Waals surface area (Å²) in [5, 5.41) is 11.4. The molecule has 1 atom stereocenters. The second kappa shape index (κ2) is 9.82. The van der Waals surface area contributed by atoms with Gasteiger partial charge < -0.3 is 19.5 Å². The number of hydrogen-bond donors (Lipinski definition) is 1. The van der Waals surface area contributed by atoms with Gasteiger partial charge in [0.15, 0.2) is 24.2 Å². The average Bonchev–Trinajstić information content (AvgIpc) is 2.68. The number of nitriles is 1. The van der Waals surface area contributed by atoms with Gasteiger partial charge in [0.1, 0.15) is 0 Å². The van der Waals surface area contributed by atoms with Crippen LogP contribution < -0.4 is 14.8 Å². The fourth-order valence-corrected chi connectivity index (χ4v) is 2.14. The molecule has 0 unspecified atom stereocenters. The second-order valence-electron chi connectivity index (χ2n) is 5.48. The molecule has 1 N–H and O–H groups in total. The standard InChI is InChI=1S/C20H20N2O5/c1-3-25-17-6-4-5-7-18(17)26-13-19(23)27-14(2)20(24)22-16-10-8-15(12-21)9-11-16/h4-11,14H,3,13H2,1-2H3,(H,22,24)/t14-/m1/s1. The summed E-state index contributed by atoms with van der Waals surface area (Å²) in [5.74, 6) is -0.211. The van der Waals surface area contributed by atoms with E-state index in [0.29, 0.717) is 29.4 Å². The van der Waals surface area contributed by atoms with Crippen molar-refractivity contribution < 1.29 is 23.8 Å². The molecule has 27 heavy (non-hydrogen) atoms. The Kier molecular flexibility index (Phi) is 7.20. The first-order chi connectivity index (χ1) is 13.0. The van der Waals surface area contributed by atoms with Gasteiger partial charge in [-0.3, -0.25) is 4.79 Å². The zero-order chi connectivity index (χ0) is 19.6. The normalized spacial score (nSPS) is 11.0. The Labute approximate surface area is 157 Å². The lowest BCUT2D eigenvalue weighted by atomic mass is 10.2. The third kappa shape index (κ3) is 6.04. The Morgan fingerprint density at radius 3 is 2.30 bits per heavy atom. The van der Waals surface area contributed by atoms with E-state index < -0.39 is 18.0 Å². The van der Waals surface area contributed by atoms with Gasteiger partial charge in [-0.1, -0.05) is 12.1 Å². The minimum Gasteiger partial charge on any atom is -0.490 e. The first-order valence-corrected chi connectivity index (χ1v) is 8.38. The number of anilines is 1. The second-order valence-corrected chi connectivity index (χ2v) is 5.48. The predicted molar refractivity (Wildman–Crippen MR) is 98.4 cm³/mol. The summed E-state index contributed by atoms with van der Waals surface area (Å²) in [6.45, 7) is 3.43. The number of amides is 1. The summed E-state index contributed by atoms with van der Waals surface area (Å²) in [5.41, 5.74) is 0.987. The van der Waals surface area contributed by atoms with Crippen molar-refractivity contribution in [1.29, 1.82) is 5.26 Å². The summed E-state index contributed by atoms with van der Waals surface area (Å²) >= 11 is 0. The maximum Gasteiger partial charge on any atom is 0.344 e. The molecule has 140 valence electrons. The Hall–Kier alpha value is -3.53. The Balaban J connectivity index is 1.84. The molecule has 0 spiro atoms. The summed E-state index contributed by atoms with van der Waals surface area (Å²) in [4.78, 5) is 24.0. The van der Waals surface area contributed by atoms with Crippen LogP contribution in [0.15, 0.2) is 48.5 Å². The van der Waals surface area contributed by atoms with Crippen molar-refractivity contribution in [3.8, 4) is 17.6 Å². The van der Waals surface area contributed by atoms with Gasteiger partial charge in [0.05, 0.1) is 18.2 Å². The molecule has 2 rings (SSSR count). The number of rotatable bonds is 8. The molecule has 0 aromatic heterocycles. The van der Waals surface area contributed by atoms with E-state index in [1.807, 2.05) is 13.0 Å². The van der Waals surface area contributed by atoms with Crippen LogP contribution in [0.1, 0.15) is 19.4 Å². The van der Waals surface area contributed by atoms with Gasteiger partial charge in [0, 0.05) is 5.69 Å². The van der Waals surface area contributed by atoms with Crippen molar-refractivity contribution in [2.24, 2.45) is 0 Å². The van der Waals surface area contributed by atoms with E-state index in [2.05, 4.69) is 5.32 Å². The minimum atomic E-state index is -1.00. The number of benzene rings is 2. The molecule has 0 radical (unpaired) electrons. The van der Waals surface area contributed by atoms with Crippen molar-refractivity contribution in [1.82, 2.24) is 0 Å². The number of nitrogens with zero attached hydrogens (tertiary/aromatic N) is 1. The lowest BCUT2D eigenvalue weighted by Crippen LogP contribution is -2.31. The van der Waals surface area contributed by atoms with Gasteiger partial charge in [-0.2, -0.15) is 5.26 Å². The van der Waals surface area contributed by atoms with Crippen molar-refractivity contribution in [3.05, 3.63) is 54.1 Å². The van der Waals surface area contributed by atoms with Gasteiger partial charge in [-0.05, 0) is 50.2 Å². The maximum absolute atomic E-state index is 12.1. The highest BCUT2D eigenvalue weighted by molar-refractivity contribution is 5.95. The van der Waals surface area contributed by atoms with Crippen LogP contribution in [0.2, 0.25) is 0 Å². The summed E-state index contributed by atoms with van der Waals surface area (Å²) in [7, 11) is 0. The molecular formula is C20H20N2O5. The molecule has 0 aliphatic carbocycles. The third-order valence-electron chi connectivity index (χ3n) is 3.45. The smallest absolute Gasteiger partial charge is 0.344 e. The number of carbonyl (C=O) groups excluding carboxylic acids is 2. The van der Waals surface area contributed by atoms with Crippen LogP contribution in [0.3, 0.4) is 0 Å². The fourth-order valence-electron chi connectivity index (χ4n) is 2.14. The number of ether oxygens (including phenoxy) is 3. The molecule has 0 aliphatic rings. The molecule has 2 aromatic rings. The van der Waals surface area contributed by atoms with Gasteiger partial charge in [0.2, 0.25) is 0 Å². The lowest BCUT2D eigenvalue weighted by Gasteiger charge is -2.15. The number of esters is 1. The van der Waals surface area contributed by atoms with Crippen LogP contribution in [0.25, 0.3) is 0 Å². The van der Waals surface area contributed by atoms with E-state index in [0.717, 1.165) is 0 Å². The van der Waals surface area contributed by atoms with Crippen LogP contribution in [0.4, 0.5) is 5.69 Å². The van der Waals surface area contributed by atoms with Gasteiger partial charge in [-0.15, -0.1) is 0 Å². The van der Waals surface area contributed by atoms with E-state index in [9.17, 15) is 9.59 Å². The van der Waals surface area contributed by atoms with Crippen molar-refractivity contribution >= 4 is 17.6 Å². The lowest BCUT2D eigenvalue weighted by molar-refractivity contribution is -0.155. The molecule has 1 amide bonds. The first kappa shape index (κ1) is 19.8. The van der Waals surface area contributed by atoms with Crippen molar-refractivity contribution in [2.45, 2.75) is 20.0 Å². The van der Waals surface area contributed by atoms with Crippen LogP contribution in [0.5, 0.6) is 11.5 Å². The number of nitrogens with one attached hydrogen (secondary N) is 1. The average molecular weight is 368 g/mol. The van der Waals surface area contributed by atoms with Crippen LogP contribution >= 0.6 is 0 Å². The first-order valence-electron chi connectivity index (χ1n) is 8.38. The van der Waals surface area contributed by atoms with E-state index >= 15 is 0 Å². The van der Waals surface area contributed by atoms with E-state index in [-0.39, 0.29) is 6.61 Å². The topological polar surface area (TPSA) is 97.7 Å². The summed E-state index contributed by atoms with van der Waals surface area (Å²) < 4.78 is 15.9. The van der Waals surface area contributed by atoms with E-state index in [1.165, 1.54) is 6.92 Å². The highest BCUT2D eigenvalue weighted by atomic mass is 16.6. The van der Waals surface area contributed by atoms with Crippen LogP contribution in [-0.2, 0) is 14.3 Å². The highest BCUT2D eigenvalue weighted by Crippen LogP contribution is 2.26. The third-order valence-corrected chi connectivity index (χ3v) is 3.45. The highest BCUT2D eigenvalue weighted by Gasteiger charge is 2.18. The van der Waals surface area contributed by atoms with E-state index in [1.54, 1.807) is 48.5 Å². The monoisotopic (exact) mass is 368 g/mol. The quantitative estimate of drug-likeness (QED) is 0.720. The number of hydrogen-bond acceptors (Lipinski definition) is 6. The van der Waals surface area contributed by atoms with Gasteiger partial charge in [-0.25, -0.2) is 4.79 Å². The molecule has 2 aromatic carbocycles. The molecule has 0 saturated carbocycles. The van der Waals surface area contributed by atoms with Gasteiger partial charge in [0.25, 0.3) is 5.91 Å². The Morgan fingerprint density at radius 1 is 1.07 bits per heavy atom. The number of para-hydroxylation sites is 2. The summed E-state index contributed by atoms with van der Waals surface area (Å²) in [6, 6.07) is 15.3. The predicted octanol–water partition coefficient (Wildman–Crippen LogP) is 2.91. The molecular weight excluding hydrogens is 348 g/mol. The van der Waals surface area contributed by atoms with Crippen molar-refractivity contribution in [3.63, 3.8) is 0 Å². The van der Waals surface area contributed by atoms with Crippen LogP contribution in [-0.4, -0.2) is 31.2 Å². The zero-order valence-corrected chi connectivity index (χ0v) is 15.1. The van der Waals surface area contributed by atoms with Crippen LogP contribution in [0, 0.1) is 11.3 Å². The fraction of sp³-hybridized carbons (Fsp3) is 0.250. The van der Waals surface area contributed by atoms with Crippen molar-refractivity contribution in [2.75, 3.05) is 18.5 Å². The molecule has 0 bridgehead atoms. The van der Waals surface area contributed by atoms with Gasteiger partial charge >= 0.3 is 5.97 Å². The number of carbonyl (C=O) groups is 2. The molecule has 7 heteroatoms. The zero-order valence-electron chi connectivity index (χ0n) is 15.1. The maximum atomic E-state index is 12.1. The SMILES string of the molecule is CCOc1ccccc1OCC(=O)O[C@H](C)C(=O)Nc1ccc(C#N)cc1. The molecule has 7 nitrogen and oxygen atoms in total. The van der Waals surface area contributed by atoms with E-state index in [4.69, 9.17) is 19.5 Å². The largest absolute Gasteiger partial charge is 0.490 e. The molecule has 0 saturated heterocycles. The molecule has 0 fully saturated rings. The molecule has 0 aliphatic heterocycles. The minimum absolute atomic E-state index is 0.349. The summed E-state index contributed by atoms with van der Waals surface area (Å²) in [6.07, 6.45) is -1.00. The molecule has 0 heterocycles. The Morgan fingerprint density at radius 2 is 1.70 bits per heavy atom.